The highest BCUT2D eigenvalue weighted by Gasteiger charge is 2.30. The molecule has 5 nitrogen and oxygen atoms in total. The van der Waals surface area contributed by atoms with Gasteiger partial charge in [-0.1, -0.05) is 24.3 Å². The summed E-state index contributed by atoms with van der Waals surface area (Å²) in [5.74, 6) is -0.993. The fourth-order valence-electron chi connectivity index (χ4n) is 2.61. The molecule has 0 fully saturated rings. The van der Waals surface area contributed by atoms with Gasteiger partial charge in [0.15, 0.2) is 0 Å². The minimum Gasteiger partial charge on any atom is -0.350 e. The molecule has 8 heteroatoms. The highest BCUT2D eigenvalue weighted by atomic mass is 19.4. The fourth-order valence-corrected chi connectivity index (χ4v) is 2.61. The molecule has 2 aromatic carbocycles. The van der Waals surface area contributed by atoms with Crippen LogP contribution in [0.5, 0.6) is 0 Å². The average Bonchev–Trinajstić information content (AvgIpc) is 2.64. The van der Waals surface area contributed by atoms with Crippen LogP contribution in [0.4, 0.5) is 13.2 Å². The Morgan fingerprint density at radius 2 is 1.54 bits per heavy atom. The van der Waals surface area contributed by atoms with Gasteiger partial charge in [-0.05, 0) is 29.8 Å². The minimum atomic E-state index is -4.46. The van der Waals surface area contributed by atoms with Crippen molar-refractivity contribution in [2.24, 2.45) is 0 Å². The molecule has 0 aliphatic carbocycles. The molecule has 0 aliphatic rings. The Morgan fingerprint density at radius 3 is 2.11 bits per heavy atom. The van der Waals surface area contributed by atoms with Crippen LogP contribution in [0.2, 0.25) is 0 Å². The van der Waals surface area contributed by atoms with Gasteiger partial charge in [0, 0.05) is 17.7 Å². The molecular weight excluding hydrogens is 371 g/mol. The maximum Gasteiger partial charge on any atom is 0.416 e. The molecule has 3 N–H and O–H groups in total. The standard InChI is InChI=1S/C20H22F3N3O2/c1-26(2)13-16-6-4-3-5-15(16)11-24-18(27)12-25-19(28)14-7-9-17(10-8-14)20(21,22)23/h3-10H,11-13H2,1-2H3,(H,24,27)(H,25,28)/p+1. The van der Waals surface area contributed by atoms with E-state index in [1.807, 2.05) is 38.4 Å². The number of quaternary nitrogens is 1. The molecule has 0 saturated heterocycles. The van der Waals surface area contributed by atoms with Crippen molar-refractivity contribution in [1.29, 1.82) is 0 Å². The third-order valence-corrected chi connectivity index (χ3v) is 4.02. The predicted molar refractivity (Wildman–Crippen MR) is 98.6 cm³/mol. The van der Waals surface area contributed by atoms with E-state index in [0.717, 1.165) is 41.9 Å². The minimum absolute atomic E-state index is 0.0557. The van der Waals surface area contributed by atoms with Crippen LogP contribution in [-0.4, -0.2) is 32.5 Å². The van der Waals surface area contributed by atoms with Gasteiger partial charge in [-0.2, -0.15) is 13.2 Å². The summed E-state index contributed by atoms with van der Waals surface area (Å²) in [6, 6.07) is 11.6. The zero-order valence-electron chi connectivity index (χ0n) is 15.7. The Morgan fingerprint density at radius 1 is 0.929 bits per heavy atom. The van der Waals surface area contributed by atoms with Crippen LogP contribution < -0.4 is 15.5 Å². The van der Waals surface area contributed by atoms with Crippen molar-refractivity contribution in [3.05, 3.63) is 70.8 Å². The molecule has 0 bridgehead atoms. The monoisotopic (exact) mass is 394 g/mol. The first-order valence-corrected chi connectivity index (χ1v) is 8.75. The van der Waals surface area contributed by atoms with Gasteiger partial charge in [0.25, 0.3) is 5.91 Å². The highest BCUT2D eigenvalue weighted by Crippen LogP contribution is 2.29. The summed E-state index contributed by atoms with van der Waals surface area (Å²) in [5, 5.41) is 5.14. The molecule has 0 unspecified atom stereocenters. The zero-order chi connectivity index (χ0) is 20.7. The number of rotatable bonds is 7. The molecule has 2 amide bonds. The summed E-state index contributed by atoms with van der Waals surface area (Å²) in [7, 11) is 4.07. The van der Waals surface area contributed by atoms with Crippen molar-refractivity contribution in [3.8, 4) is 0 Å². The summed E-state index contributed by atoms with van der Waals surface area (Å²) >= 11 is 0. The number of benzene rings is 2. The van der Waals surface area contributed by atoms with E-state index in [-0.39, 0.29) is 18.0 Å². The maximum atomic E-state index is 12.5. The molecular formula is C20H23F3N3O2+. The van der Waals surface area contributed by atoms with Crippen molar-refractivity contribution in [2.75, 3.05) is 20.6 Å². The molecule has 2 aromatic rings. The fraction of sp³-hybridized carbons (Fsp3) is 0.300. The van der Waals surface area contributed by atoms with Crippen LogP contribution in [0.1, 0.15) is 27.0 Å². The lowest BCUT2D eigenvalue weighted by Crippen LogP contribution is -3.04. The number of amides is 2. The maximum absolute atomic E-state index is 12.5. The number of hydrogen-bond acceptors (Lipinski definition) is 2. The van der Waals surface area contributed by atoms with Crippen molar-refractivity contribution in [3.63, 3.8) is 0 Å². The average molecular weight is 394 g/mol. The Hall–Kier alpha value is -2.87. The summed E-state index contributed by atoms with van der Waals surface area (Å²) in [4.78, 5) is 25.2. The van der Waals surface area contributed by atoms with Gasteiger partial charge in [0.2, 0.25) is 5.91 Å². The number of hydrogen-bond donors (Lipinski definition) is 3. The number of carbonyl (C=O) groups is 2. The molecule has 2 rings (SSSR count). The Bertz CT molecular complexity index is 818. The van der Waals surface area contributed by atoms with Crippen LogP contribution in [0, 0.1) is 0 Å². The third kappa shape index (κ3) is 6.38. The normalized spacial score (nSPS) is 11.4. The summed E-state index contributed by atoms with van der Waals surface area (Å²) < 4.78 is 37.6. The van der Waals surface area contributed by atoms with E-state index in [4.69, 9.17) is 0 Å². The van der Waals surface area contributed by atoms with Crippen LogP contribution in [0.15, 0.2) is 48.5 Å². The highest BCUT2D eigenvalue weighted by molar-refractivity contribution is 5.96. The van der Waals surface area contributed by atoms with E-state index >= 15 is 0 Å². The van der Waals surface area contributed by atoms with Gasteiger partial charge in [0.1, 0.15) is 6.54 Å². The van der Waals surface area contributed by atoms with E-state index in [1.54, 1.807) is 0 Å². The largest absolute Gasteiger partial charge is 0.416 e. The lowest BCUT2D eigenvalue weighted by Gasteiger charge is -2.13. The number of carbonyl (C=O) groups excluding carboxylic acids is 2. The quantitative estimate of drug-likeness (QED) is 0.665. The second-order valence-corrected chi connectivity index (χ2v) is 6.69. The molecule has 0 aliphatic heterocycles. The smallest absolute Gasteiger partial charge is 0.350 e. The Balaban J connectivity index is 1.85. The molecule has 0 atom stereocenters. The van der Waals surface area contributed by atoms with E-state index < -0.39 is 17.6 Å². The predicted octanol–water partition coefficient (Wildman–Crippen LogP) is 1.40. The molecule has 0 aromatic heterocycles. The van der Waals surface area contributed by atoms with Crippen LogP contribution in [0.25, 0.3) is 0 Å². The van der Waals surface area contributed by atoms with Gasteiger partial charge in [-0.25, -0.2) is 0 Å². The van der Waals surface area contributed by atoms with Crippen LogP contribution in [0.3, 0.4) is 0 Å². The molecule has 0 spiro atoms. The lowest BCUT2D eigenvalue weighted by atomic mass is 10.1. The van der Waals surface area contributed by atoms with Gasteiger partial charge in [-0.15, -0.1) is 0 Å². The van der Waals surface area contributed by atoms with Crippen LogP contribution in [-0.2, 0) is 24.1 Å². The lowest BCUT2D eigenvalue weighted by molar-refractivity contribution is -0.872. The van der Waals surface area contributed by atoms with E-state index in [0.29, 0.717) is 6.54 Å². The molecule has 0 heterocycles. The summed E-state index contributed by atoms with van der Waals surface area (Å²) in [5.41, 5.74) is 1.34. The second-order valence-electron chi connectivity index (χ2n) is 6.69. The van der Waals surface area contributed by atoms with E-state index in [9.17, 15) is 22.8 Å². The first kappa shape index (κ1) is 21.4. The topological polar surface area (TPSA) is 62.6 Å². The number of alkyl halides is 3. The van der Waals surface area contributed by atoms with Crippen LogP contribution >= 0.6 is 0 Å². The van der Waals surface area contributed by atoms with Crippen molar-refractivity contribution in [1.82, 2.24) is 10.6 Å². The van der Waals surface area contributed by atoms with E-state index in [2.05, 4.69) is 10.6 Å². The number of halogens is 3. The number of nitrogens with one attached hydrogen (secondary N) is 3. The van der Waals surface area contributed by atoms with Gasteiger partial charge >= 0.3 is 6.18 Å². The summed E-state index contributed by atoms with van der Waals surface area (Å²) in [6.07, 6.45) is -4.46. The van der Waals surface area contributed by atoms with Crippen molar-refractivity contribution in [2.45, 2.75) is 19.3 Å². The van der Waals surface area contributed by atoms with Gasteiger partial charge in [-0.3, -0.25) is 9.59 Å². The molecule has 150 valence electrons. The van der Waals surface area contributed by atoms with Crippen molar-refractivity contribution < 1.29 is 27.7 Å². The SMILES string of the molecule is C[NH+](C)Cc1ccccc1CNC(=O)CNC(=O)c1ccc(C(F)(F)F)cc1. The first-order chi connectivity index (χ1) is 13.2. The second kappa shape index (κ2) is 9.36. The first-order valence-electron chi connectivity index (χ1n) is 8.75. The molecule has 0 radical (unpaired) electrons. The third-order valence-electron chi connectivity index (χ3n) is 4.02. The molecule has 28 heavy (non-hydrogen) atoms. The van der Waals surface area contributed by atoms with E-state index in [1.165, 1.54) is 4.90 Å². The van der Waals surface area contributed by atoms with Gasteiger partial charge < -0.3 is 15.5 Å². The Labute approximate surface area is 161 Å². The Kier molecular flexibility index (Phi) is 7.17. The summed E-state index contributed by atoms with van der Waals surface area (Å²) in [6.45, 7) is 0.885. The molecule has 0 saturated carbocycles. The van der Waals surface area contributed by atoms with Gasteiger partial charge in [0.05, 0.1) is 26.2 Å². The van der Waals surface area contributed by atoms with Crippen molar-refractivity contribution >= 4 is 11.8 Å². The zero-order valence-corrected chi connectivity index (χ0v) is 15.7.